The molecule has 0 aliphatic carbocycles. The van der Waals surface area contributed by atoms with Gasteiger partial charge in [0.1, 0.15) is 5.82 Å². The normalized spacial score (nSPS) is 16.8. The average molecular weight is 387 g/mol. The van der Waals surface area contributed by atoms with Gasteiger partial charge in [0, 0.05) is 49.8 Å². The van der Waals surface area contributed by atoms with Gasteiger partial charge < -0.3 is 4.98 Å². The van der Waals surface area contributed by atoms with Gasteiger partial charge in [0.2, 0.25) is 10.0 Å². The van der Waals surface area contributed by atoms with E-state index < -0.39 is 10.0 Å². The maximum absolute atomic E-state index is 13.0. The minimum absolute atomic E-state index is 0.0876. The van der Waals surface area contributed by atoms with Crippen molar-refractivity contribution in [2.75, 3.05) is 26.2 Å². The number of halogens is 1. The lowest BCUT2D eigenvalue weighted by Crippen LogP contribution is -2.48. The van der Waals surface area contributed by atoms with Crippen molar-refractivity contribution in [2.45, 2.75) is 12.3 Å². The third-order valence-electron chi connectivity index (χ3n) is 5.06. The highest BCUT2D eigenvalue weighted by Crippen LogP contribution is 2.21. The Morgan fingerprint density at radius 2 is 1.67 bits per heavy atom. The van der Waals surface area contributed by atoms with Crippen LogP contribution in [0.1, 0.15) is 11.1 Å². The van der Waals surface area contributed by atoms with Crippen molar-refractivity contribution in [3.05, 3.63) is 71.7 Å². The Balaban J connectivity index is 1.37. The summed E-state index contributed by atoms with van der Waals surface area (Å²) >= 11 is 0. The highest BCUT2D eigenvalue weighted by molar-refractivity contribution is 7.88. The summed E-state index contributed by atoms with van der Waals surface area (Å²) in [5.74, 6) is -0.447. The molecule has 2 heterocycles. The summed E-state index contributed by atoms with van der Waals surface area (Å²) in [7, 11) is -3.39. The second-order valence-electron chi connectivity index (χ2n) is 6.92. The zero-order valence-electron chi connectivity index (χ0n) is 14.9. The lowest BCUT2D eigenvalue weighted by atomic mass is 10.1. The van der Waals surface area contributed by atoms with Crippen molar-refractivity contribution in [3.63, 3.8) is 0 Å². The van der Waals surface area contributed by atoms with Crippen LogP contribution in [0, 0.1) is 5.82 Å². The molecule has 0 radical (unpaired) electrons. The molecule has 3 aromatic rings. The van der Waals surface area contributed by atoms with E-state index in [4.69, 9.17) is 0 Å². The maximum Gasteiger partial charge on any atom is 0.218 e. The second-order valence-corrected chi connectivity index (χ2v) is 8.89. The second kappa shape index (κ2) is 7.42. The van der Waals surface area contributed by atoms with Gasteiger partial charge >= 0.3 is 0 Å². The van der Waals surface area contributed by atoms with Crippen LogP contribution < -0.4 is 0 Å². The van der Waals surface area contributed by atoms with Crippen molar-refractivity contribution in [1.29, 1.82) is 0 Å². The van der Waals surface area contributed by atoms with Crippen molar-refractivity contribution in [3.8, 4) is 0 Å². The first-order valence-electron chi connectivity index (χ1n) is 9.01. The van der Waals surface area contributed by atoms with Crippen molar-refractivity contribution < 1.29 is 12.8 Å². The number of aromatic amines is 1. The van der Waals surface area contributed by atoms with E-state index in [-0.39, 0.29) is 11.6 Å². The molecule has 0 amide bonds. The Morgan fingerprint density at radius 3 is 2.41 bits per heavy atom. The predicted octanol–water partition coefficient (Wildman–Crippen LogP) is 2.95. The van der Waals surface area contributed by atoms with Crippen LogP contribution in [0.2, 0.25) is 0 Å². The zero-order valence-corrected chi connectivity index (χ0v) is 15.8. The van der Waals surface area contributed by atoms with Crippen LogP contribution in [0.5, 0.6) is 0 Å². The Labute approximate surface area is 158 Å². The number of rotatable bonds is 5. The molecule has 142 valence electrons. The molecule has 1 N–H and O–H groups in total. The lowest BCUT2D eigenvalue weighted by Gasteiger charge is -2.34. The number of hydrogen-bond acceptors (Lipinski definition) is 3. The third-order valence-corrected chi connectivity index (χ3v) is 6.91. The van der Waals surface area contributed by atoms with Gasteiger partial charge in [-0.25, -0.2) is 12.8 Å². The first-order chi connectivity index (χ1) is 13.0. The number of H-pyrrole nitrogens is 1. The van der Waals surface area contributed by atoms with E-state index in [0.717, 1.165) is 12.1 Å². The van der Waals surface area contributed by atoms with Gasteiger partial charge in [0.15, 0.2) is 0 Å². The molecule has 0 saturated carbocycles. The topological polar surface area (TPSA) is 56.4 Å². The van der Waals surface area contributed by atoms with Gasteiger partial charge in [-0.2, -0.15) is 4.31 Å². The van der Waals surface area contributed by atoms with Crippen LogP contribution in [0.3, 0.4) is 0 Å². The summed E-state index contributed by atoms with van der Waals surface area (Å²) in [5.41, 5.74) is 2.96. The minimum atomic E-state index is -3.39. The fourth-order valence-electron chi connectivity index (χ4n) is 3.55. The van der Waals surface area contributed by atoms with E-state index in [0.29, 0.717) is 31.7 Å². The number of fused-ring (bicyclic) bond motifs is 1. The molecule has 7 heteroatoms. The third kappa shape index (κ3) is 4.05. The summed E-state index contributed by atoms with van der Waals surface area (Å²) in [6, 6.07) is 13.8. The standard InChI is InChI=1S/C20H22FN3O2S/c21-18-7-5-16(6-8-18)15-27(25,26)24-11-9-23(10-12-24)14-17-13-22-20-4-2-1-3-19(17)20/h1-8,13,22H,9-12,14-15H2. The van der Waals surface area contributed by atoms with Gasteiger partial charge in [-0.1, -0.05) is 30.3 Å². The molecule has 1 aliphatic heterocycles. The molecular weight excluding hydrogens is 365 g/mol. The Bertz CT molecular complexity index is 1020. The molecule has 27 heavy (non-hydrogen) atoms. The molecule has 1 aromatic heterocycles. The number of hydrogen-bond donors (Lipinski definition) is 1. The Morgan fingerprint density at radius 1 is 0.963 bits per heavy atom. The smallest absolute Gasteiger partial charge is 0.218 e. The number of aromatic nitrogens is 1. The number of para-hydroxylation sites is 1. The number of piperazine rings is 1. The molecule has 1 fully saturated rings. The van der Waals surface area contributed by atoms with Crippen LogP contribution >= 0.6 is 0 Å². The molecule has 0 spiro atoms. The van der Waals surface area contributed by atoms with E-state index >= 15 is 0 Å². The number of sulfonamides is 1. The predicted molar refractivity (Wildman–Crippen MR) is 104 cm³/mol. The molecule has 1 aliphatic rings. The summed E-state index contributed by atoms with van der Waals surface area (Å²) in [6.07, 6.45) is 2.03. The fraction of sp³-hybridized carbons (Fsp3) is 0.300. The van der Waals surface area contributed by atoms with Crippen LogP contribution in [0.25, 0.3) is 10.9 Å². The number of nitrogens with zero attached hydrogens (tertiary/aromatic N) is 2. The monoisotopic (exact) mass is 387 g/mol. The van der Waals surface area contributed by atoms with Gasteiger partial charge in [0.25, 0.3) is 0 Å². The van der Waals surface area contributed by atoms with Gasteiger partial charge in [-0.3, -0.25) is 4.90 Å². The molecule has 5 nitrogen and oxygen atoms in total. The van der Waals surface area contributed by atoms with Crippen LogP contribution in [0.15, 0.2) is 54.7 Å². The van der Waals surface area contributed by atoms with Crippen molar-refractivity contribution in [2.24, 2.45) is 0 Å². The van der Waals surface area contributed by atoms with Gasteiger partial charge in [0.05, 0.1) is 5.75 Å². The zero-order chi connectivity index (χ0) is 18.9. The lowest BCUT2D eigenvalue weighted by molar-refractivity contribution is 0.182. The minimum Gasteiger partial charge on any atom is -0.361 e. The van der Waals surface area contributed by atoms with E-state index in [2.05, 4.69) is 22.0 Å². The fourth-order valence-corrected chi connectivity index (χ4v) is 5.07. The van der Waals surface area contributed by atoms with E-state index in [1.165, 1.54) is 35.2 Å². The summed E-state index contributed by atoms with van der Waals surface area (Å²) in [6.45, 7) is 3.15. The molecule has 0 atom stereocenters. The highest BCUT2D eigenvalue weighted by Gasteiger charge is 2.27. The number of benzene rings is 2. The quantitative estimate of drug-likeness (QED) is 0.732. The first-order valence-corrected chi connectivity index (χ1v) is 10.6. The molecule has 1 saturated heterocycles. The van der Waals surface area contributed by atoms with Crippen molar-refractivity contribution >= 4 is 20.9 Å². The first kappa shape index (κ1) is 18.2. The largest absolute Gasteiger partial charge is 0.361 e. The van der Waals surface area contributed by atoms with Crippen LogP contribution in [-0.2, 0) is 22.3 Å². The highest BCUT2D eigenvalue weighted by atomic mass is 32.2. The maximum atomic E-state index is 13.0. The van der Waals surface area contributed by atoms with Crippen LogP contribution in [0.4, 0.5) is 4.39 Å². The van der Waals surface area contributed by atoms with Crippen molar-refractivity contribution in [1.82, 2.24) is 14.2 Å². The van der Waals surface area contributed by atoms with E-state index in [9.17, 15) is 12.8 Å². The van der Waals surface area contributed by atoms with E-state index in [1.54, 1.807) is 4.31 Å². The Hall–Kier alpha value is -2.22. The SMILES string of the molecule is O=S(=O)(Cc1ccc(F)cc1)N1CCN(Cc2c[nH]c3ccccc23)CC1. The molecule has 0 bridgehead atoms. The summed E-state index contributed by atoms with van der Waals surface area (Å²) in [5, 5.41) is 1.21. The van der Waals surface area contributed by atoms with Gasteiger partial charge in [-0.05, 0) is 29.3 Å². The van der Waals surface area contributed by atoms with Crippen LogP contribution in [-0.4, -0.2) is 48.8 Å². The molecular formula is C20H22FN3O2S. The van der Waals surface area contributed by atoms with Gasteiger partial charge in [-0.15, -0.1) is 0 Å². The van der Waals surface area contributed by atoms with E-state index in [1.807, 2.05) is 18.3 Å². The molecule has 0 unspecified atom stereocenters. The summed E-state index contributed by atoms with van der Waals surface area (Å²) < 4.78 is 39.8. The summed E-state index contributed by atoms with van der Waals surface area (Å²) in [4.78, 5) is 5.56. The molecule has 4 rings (SSSR count). The number of nitrogens with one attached hydrogen (secondary N) is 1. The molecule has 2 aromatic carbocycles. The average Bonchev–Trinajstić information content (AvgIpc) is 3.07. The Kier molecular flexibility index (Phi) is 4.99.